The molecule has 0 saturated heterocycles. The second-order valence-corrected chi connectivity index (χ2v) is 11.2. The minimum absolute atomic E-state index is 1.03. The van der Waals surface area contributed by atoms with Crippen molar-refractivity contribution >= 4 is 14.8 Å². The molecule has 0 nitrogen and oxygen atoms in total. The summed E-state index contributed by atoms with van der Waals surface area (Å²) in [5.41, 5.74) is 14.8. The van der Waals surface area contributed by atoms with Gasteiger partial charge in [0.1, 0.15) is 0 Å². The van der Waals surface area contributed by atoms with Crippen LogP contribution in [0.5, 0.6) is 0 Å². The molecule has 0 bridgehead atoms. The lowest BCUT2D eigenvalue weighted by atomic mass is 9.74. The molecule has 0 aliphatic heterocycles. The number of hydrogen-bond acceptors (Lipinski definition) is 0. The topological polar surface area (TPSA) is 0 Å². The zero-order valence-electron chi connectivity index (χ0n) is 24.4. The average molecular weight is 525 g/mol. The molecule has 2 aromatic rings. The van der Waals surface area contributed by atoms with Gasteiger partial charge < -0.3 is 0 Å². The third kappa shape index (κ3) is 8.54. The molecular formula is C37H49P. The van der Waals surface area contributed by atoms with Crippen molar-refractivity contribution in [2.45, 2.75) is 91.9 Å². The minimum atomic E-state index is 1.03. The van der Waals surface area contributed by atoms with Crippen LogP contribution >= 0.6 is 9.24 Å². The van der Waals surface area contributed by atoms with Gasteiger partial charge in [0.15, 0.2) is 0 Å². The molecular weight excluding hydrogens is 475 g/mol. The van der Waals surface area contributed by atoms with Crippen molar-refractivity contribution in [1.82, 2.24) is 0 Å². The van der Waals surface area contributed by atoms with Crippen molar-refractivity contribution in [2.75, 3.05) is 6.16 Å². The maximum atomic E-state index is 4.46. The molecule has 38 heavy (non-hydrogen) atoms. The third-order valence-electron chi connectivity index (χ3n) is 7.62. The number of fused-ring (bicyclic) bond motifs is 2. The Hall–Kier alpha value is -2.43. The highest BCUT2D eigenvalue weighted by atomic mass is 31.0. The Balaban J connectivity index is 0.000000383. The monoisotopic (exact) mass is 524 g/mol. The van der Waals surface area contributed by atoms with Crippen LogP contribution in [0.25, 0.3) is 5.57 Å². The van der Waals surface area contributed by atoms with Crippen LogP contribution in [-0.4, -0.2) is 6.16 Å². The van der Waals surface area contributed by atoms with Gasteiger partial charge in [0, 0.05) is 0 Å². The van der Waals surface area contributed by atoms with E-state index in [1.165, 1.54) is 82.2 Å². The van der Waals surface area contributed by atoms with Gasteiger partial charge in [-0.05, 0) is 121 Å². The fourth-order valence-corrected chi connectivity index (χ4v) is 5.96. The van der Waals surface area contributed by atoms with Crippen LogP contribution in [0.2, 0.25) is 0 Å². The fourth-order valence-electron chi connectivity index (χ4n) is 5.65. The molecule has 0 spiro atoms. The van der Waals surface area contributed by atoms with Crippen molar-refractivity contribution in [3.05, 3.63) is 123 Å². The standard InChI is InChI=1S/C29H34.C8H15P/c1-4-5-7-12-24-19-25(15-14-23-10-8-6-9-11-23)29-26(20-24)18-22(3)27-16-13-21(2)17-28(27)29;1-3-5-8(7-9)6-4-2/h6,8-11,17,19-20H,3-5,7,12-16,18H2,1-2H3;3,5-6H,4,7,9H2,1-2H3/b;5-3-,8-6+. The van der Waals surface area contributed by atoms with Crippen LogP contribution in [0, 0.1) is 0 Å². The van der Waals surface area contributed by atoms with Gasteiger partial charge in [-0.25, -0.2) is 0 Å². The van der Waals surface area contributed by atoms with E-state index in [4.69, 9.17) is 0 Å². The summed E-state index contributed by atoms with van der Waals surface area (Å²) in [5, 5.41) is 0. The molecule has 0 aromatic heterocycles. The van der Waals surface area contributed by atoms with Crippen molar-refractivity contribution in [2.24, 2.45) is 0 Å². The average Bonchev–Trinajstić information content (AvgIpc) is 2.92. The molecule has 4 rings (SSSR count). The van der Waals surface area contributed by atoms with Gasteiger partial charge in [-0.3, -0.25) is 0 Å². The van der Waals surface area contributed by atoms with Crippen molar-refractivity contribution in [3.8, 4) is 0 Å². The SMILES string of the molecule is C/C=C\C(=C/CC)CP.C=C1Cc2cc(CCCCC)cc(CCc3ccccc3)c2C2=C1CCC(C)=C2. The van der Waals surface area contributed by atoms with Crippen molar-refractivity contribution in [1.29, 1.82) is 0 Å². The summed E-state index contributed by atoms with van der Waals surface area (Å²) >= 11 is 0. The summed E-state index contributed by atoms with van der Waals surface area (Å²) in [6.07, 6.45) is 21.8. The summed E-state index contributed by atoms with van der Waals surface area (Å²) in [4.78, 5) is 0. The Kier molecular flexibility index (Phi) is 12.6. The highest BCUT2D eigenvalue weighted by molar-refractivity contribution is 7.16. The van der Waals surface area contributed by atoms with Gasteiger partial charge in [0.05, 0.1) is 0 Å². The lowest BCUT2D eigenvalue weighted by Gasteiger charge is -2.30. The molecule has 2 aromatic carbocycles. The normalized spacial score (nSPS) is 15.1. The van der Waals surface area contributed by atoms with Crippen LogP contribution < -0.4 is 0 Å². The zero-order chi connectivity index (χ0) is 27.3. The maximum absolute atomic E-state index is 4.46. The molecule has 1 heteroatoms. The number of unbranched alkanes of at least 4 members (excludes halogenated alkanes) is 2. The van der Waals surface area contributed by atoms with E-state index < -0.39 is 0 Å². The number of hydrogen-bond donors (Lipinski definition) is 0. The number of rotatable bonds is 10. The minimum Gasteiger partial charge on any atom is -0.133 e. The first-order valence-corrected chi connectivity index (χ1v) is 15.6. The van der Waals surface area contributed by atoms with E-state index in [0.717, 1.165) is 38.3 Å². The van der Waals surface area contributed by atoms with Crippen LogP contribution in [0.1, 0.15) is 94.0 Å². The van der Waals surface area contributed by atoms with Crippen LogP contribution in [0.15, 0.2) is 95.6 Å². The van der Waals surface area contributed by atoms with E-state index in [-0.39, 0.29) is 0 Å². The Labute approximate surface area is 235 Å². The molecule has 2 aliphatic carbocycles. The Morgan fingerprint density at radius 2 is 1.76 bits per heavy atom. The Morgan fingerprint density at radius 1 is 0.974 bits per heavy atom. The molecule has 0 heterocycles. The Morgan fingerprint density at radius 3 is 2.45 bits per heavy atom. The number of aryl methyl sites for hydroxylation is 3. The van der Waals surface area contributed by atoms with E-state index in [9.17, 15) is 0 Å². The number of allylic oxidation sites excluding steroid dienone is 9. The van der Waals surface area contributed by atoms with Gasteiger partial charge in [0.2, 0.25) is 0 Å². The highest BCUT2D eigenvalue weighted by Crippen LogP contribution is 2.43. The van der Waals surface area contributed by atoms with E-state index in [1.54, 1.807) is 5.56 Å². The summed E-state index contributed by atoms with van der Waals surface area (Å²) in [5.74, 6) is 0. The third-order valence-corrected chi connectivity index (χ3v) is 8.10. The van der Waals surface area contributed by atoms with Gasteiger partial charge >= 0.3 is 0 Å². The van der Waals surface area contributed by atoms with Crippen LogP contribution in [0.3, 0.4) is 0 Å². The molecule has 2 aliphatic rings. The van der Waals surface area contributed by atoms with Crippen molar-refractivity contribution < 1.29 is 0 Å². The van der Waals surface area contributed by atoms with Crippen molar-refractivity contribution in [3.63, 3.8) is 0 Å². The molecule has 0 radical (unpaired) electrons. The van der Waals surface area contributed by atoms with Gasteiger partial charge in [0.25, 0.3) is 0 Å². The second kappa shape index (κ2) is 15.9. The van der Waals surface area contributed by atoms with Gasteiger partial charge in [-0.1, -0.05) is 106 Å². The summed E-state index contributed by atoms with van der Waals surface area (Å²) < 4.78 is 0. The summed E-state index contributed by atoms with van der Waals surface area (Å²) in [6, 6.07) is 16.0. The molecule has 1 unspecified atom stereocenters. The maximum Gasteiger partial charge on any atom is -0.00223 e. The smallest absolute Gasteiger partial charge is 0.00223 e. The van der Waals surface area contributed by atoms with Crippen LogP contribution in [0.4, 0.5) is 0 Å². The molecule has 0 N–H and O–H groups in total. The molecule has 0 fully saturated rings. The zero-order valence-corrected chi connectivity index (χ0v) is 25.6. The first kappa shape index (κ1) is 30.1. The predicted octanol–water partition coefficient (Wildman–Crippen LogP) is 10.6. The predicted molar refractivity (Wildman–Crippen MR) is 174 cm³/mol. The number of benzene rings is 2. The Bertz CT molecular complexity index is 1190. The summed E-state index contributed by atoms with van der Waals surface area (Å²) in [7, 11) is 2.72. The lowest BCUT2D eigenvalue weighted by molar-refractivity contribution is 0.716. The van der Waals surface area contributed by atoms with E-state index in [2.05, 4.69) is 103 Å². The molecule has 1 atom stereocenters. The van der Waals surface area contributed by atoms with Gasteiger partial charge in [-0.15, -0.1) is 9.24 Å². The lowest BCUT2D eigenvalue weighted by Crippen LogP contribution is -2.13. The second-order valence-electron chi connectivity index (χ2n) is 10.8. The summed E-state index contributed by atoms with van der Waals surface area (Å²) in [6.45, 7) is 13.2. The molecule has 0 saturated carbocycles. The fraction of sp³-hybridized carbons (Fsp3) is 0.405. The van der Waals surface area contributed by atoms with E-state index >= 15 is 0 Å². The molecule has 0 amide bonds. The highest BCUT2D eigenvalue weighted by Gasteiger charge is 2.25. The largest absolute Gasteiger partial charge is 0.133 e. The quantitative estimate of drug-likeness (QED) is 0.165. The van der Waals surface area contributed by atoms with Gasteiger partial charge in [-0.2, -0.15) is 0 Å². The molecule has 202 valence electrons. The van der Waals surface area contributed by atoms with Crippen LogP contribution in [-0.2, 0) is 25.7 Å². The first-order valence-electron chi connectivity index (χ1n) is 14.8. The first-order chi connectivity index (χ1) is 18.5. The van der Waals surface area contributed by atoms with E-state index in [1.807, 2.05) is 6.92 Å². The van der Waals surface area contributed by atoms with E-state index in [0.29, 0.717) is 0 Å².